The molecule has 128 valence electrons. The van der Waals surface area contributed by atoms with Gasteiger partial charge in [-0.25, -0.2) is 4.39 Å². The van der Waals surface area contributed by atoms with Crippen molar-refractivity contribution in [1.29, 1.82) is 0 Å². The second-order valence-electron chi connectivity index (χ2n) is 5.66. The van der Waals surface area contributed by atoms with Gasteiger partial charge in [0.1, 0.15) is 6.10 Å². The van der Waals surface area contributed by atoms with Gasteiger partial charge in [-0.15, -0.1) is 0 Å². The number of amides is 1. The van der Waals surface area contributed by atoms with Crippen molar-refractivity contribution in [2.24, 2.45) is 11.7 Å². The zero-order valence-electron chi connectivity index (χ0n) is 12.1. The molecule has 4 nitrogen and oxygen atoms in total. The molecule has 0 spiro atoms. The highest BCUT2D eigenvalue weighted by Crippen LogP contribution is 2.54. The molecule has 2 rings (SSSR count). The van der Waals surface area contributed by atoms with Gasteiger partial charge in [0, 0.05) is 17.4 Å². The minimum absolute atomic E-state index is 0.367. The fourth-order valence-corrected chi connectivity index (χ4v) is 2.87. The Morgan fingerprint density at radius 2 is 1.91 bits per heavy atom. The number of primary amides is 1. The number of rotatable bonds is 2. The fraction of sp³-hybridized carbons (Fsp3) is 0.500. The number of ether oxygens (including phenoxy) is 1. The topological polar surface area (TPSA) is 72.5 Å². The summed E-state index contributed by atoms with van der Waals surface area (Å²) in [6.45, 7) is 1.88. The van der Waals surface area contributed by atoms with E-state index in [1.165, 1.54) is 0 Å². The molecule has 23 heavy (non-hydrogen) atoms. The second kappa shape index (κ2) is 5.33. The molecule has 1 aromatic rings. The normalized spacial score (nSPS) is 31.3. The molecule has 4 atom stereocenters. The highest BCUT2D eigenvalue weighted by atomic mass is 19.4. The Morgan fingerprint density at radius 3 is 2.39 bits per heavy atom. The Balaban J connectivity index is 2.60. The van der Waals surface area contributed by atoms with Crippen molar-refractivity contribution in [3.05, 3.63) is 29.3 Å². The Bertz CT molecular complexity index is 648. The third kappa shape index (κ3) is 2.52. The first kappa shape index (κ1) is 17.5. The number of hydrogen-bond donors (Lipinski definition) is 2. The van der Waals surface area contributed by atoms with Crippen LogP contribution in [0.25, 0.3) is 0 Å². The van der Waals surface area contributed by atoms with Crippen LogP contribution in [0, 0.1) is 17.6 Å². The molecular weight excluding hydrogens is 325 g/mol. The number of phenolic OH excluding ortho intramolecular Hbond substituents is 1. The lowest BCUT2D eigenvalue weighted by Gasteiger charge is -2.31. The van der Waals surface area contributed by atoms with Gasteiger partial charge in [-0.2, -0.15) is 17.6 Å². The zero-order valence-corrected chi connectivity index (χ0v) is 12.1. The van der Waals surface area contributed by atoms with Gasteiger partial charge in [-0.05, 0) is 13.0 Å². The van der Waals surface area contributed by atoms with Gasteiger partial charge in [-0.1, -0.05) is 13.0 Å². The van der Waals surface area contributed by atoms with Crippen molar-refractivity contribution in [2.75, 3.05) is 0 Å². The summed E-state index contributed by atoms with van der Waals surface area (Å²) in [5, 5.41) is 9.73. The molecule has 3 N–H and O–H groups in total. The average molecular weight is 339 g/mol. The lowest BCUT2D eigenvalue weighted by molar-refractivity contribution is -0.272. The third-order valence-electron chi connectivity index (χ3n) is 4.41. The molecule has 1 fully saturated rings. The number of hydrogen-bond acceptors (Lipinski definition) is 3. The van der Waals surface area contributed by atoms with Crippen LogP contribution in [-0.2, 0) is 9.53 Å². The number of halogens is 5. The number of aromatic hydroxyl groups is 1. The fourth-order valence-electron chi connectivity index (χ4n) is 2.87. The molecule has 0 bridgehead atoms. The standard InChI is InChI=1S/C14H14F5NO3/c1-5-8(6-3-4-7(15)9(16)10(6)21)11(12(20)22)23-13(5,2)14(17,18)19/h3-5,8,11,21H,1-2H3,(H2,20,22). The SMILES string of the molecule is CC1C(c2ccc(F)c(F)c2O)C(C(N)=O)OC1(C)C(F)(F)F. The van der Waals surface area contributed by atoms with Crippen molar-refractivity contribution in [1.82, 2.24) is 0 Å². The summed E-state index contributed by atoms with van der Waals surface area (Å²) >= 11 is 0. The maximum Gasteiger partial charge on any atom is 0.417 e. The van der Waals surface area contributed by atoms with Crippen LogP contribution in [0.2, 0.25) is 0 Å². The molecule has 1 aliphatic rings. The van der Waals surface area contributed by atoms with Gasteiger partial charge in [0.2, 0.25) is 11.7 Å². The summed E-state index contributed by atoms with van der Waals surface area (Å²) in [6.07, 6.45) is -6.57. The summed E-state index contributed by atoms with van der Waals surface area (Å²) in [5.74, 6) is -8.10. The largest absolute Gasteiger partial charge is 0.505 e. The van der Waals surface area contributed by atoms with Crippen molar-refractivity contribution in [3.8, 4) is 5.75 Å². The highest BCUT2D eigenvalue weighted by molar-refractivity contribution is 5.81. The number of benzene rings is 1. The molecule has 0 radical (unpaired) electrons. The predicted octanol–water partition coefficient (Wildman–Crippen LogP) is 2.60. The lowest BCUT2D eigenvalue weighted by Crippen LogP contribution is -2.47. The van der Waals surface area contributed by atoms with Gasteiger partial charge < -0.3 is 15.6 Å². The van der Waals surface area contributed by atoms with E-state index >= 15 is 0 Å². The molecular formula is C14H14F5NO3. The Labute approximate surface area is 128 Å². The Morgan fingerprint density at radius 1 is 1.35 bits per heavy atom. The van der Waals surface area contributed by atoms with Crippen LogP contribution < -0.4 is 5.73 Å². The number of phenols is 1. The first-order valence-corrected chi connectivity index (χ1v) is 6.62. The van der Waals surface area contributed by atoms with Crippen LogP contribution in [-0.4, -0.2) is 28.9 Å². The maximum atomic E-state index is 13.5. The molecule has 1 aliphatic heterocycles. The van der Waals surface area contributed by atoms with E-state index in [1.807, 2.05) is 0 Å². The molecule has 1 aromatic carbocycles. The summed E-state index contributed by atoms with van der Waals surface area (Å²) in [7, 11) is 0. The van der Waals surface area contributed by atoms with E-state index in [0.29, 0.717) is 6.07 Å². The quantitative estimate of drug-likeness (QED) is 0.814. The zero-order chi connectivity index (χ0) is 17.7. The Kier molecular flexibility index (Phi) is 4.04. The summed E-state index contributed by atoms with van der Waals surface area (Å²) < 4.78 is 71.4. The smallest absolute Gasteiger partial charge is 0.417 e. The van der Waals surface area contributed by atoms with Crippen LogP contribution >= 0.6 is 0 Å². The highest BCUT2D eigenvalue weighted by Gasteiger charge is 2.65. The first-order valence-electron chi connectivity index (χ1n) is 6.62. The third-order valence-corrected chi connectivity index (χ3v) is 4.41. The van der Waals surface area contributed by atoms with Crippen LogP contribution in [0.1, 0.15) is 25.3 Å². The second-order valence-corrected chi connectivity index (χ2v) is 5.66. The van der Waals surface area contributed by atoms with E-state index in [2.05, 4.69) is 0 Å². The van der Waals surface area contributed by atoms with Gasteiger partial charge >= 0.3 is 6.18 Å². The van der Waals surface area contributed by atoms with E-state index < -0.39 is 53.0 Å². The van der Waals surface area contributed by atoms with Crippen LogP contribution in [0.15, 0.2) is 12.1 Å². The van der Waals surface area contributed by atoms with Crippen molar-refractivity contribution < 1.29 is 36.6 Å². The Hall–Kier alpha value is -1.90. The van der Waals surface area contributed by atoms with Crippen LogP contribution in [0.4, 0.5) is 22.0 Å². The van der Waals surface area contributed by atoms with E-state index in [0.717, 1.165) is 19.9 Å². The van der Waals surface area contributed by atoms with Gasteiger partial charge in [0.25, 0.3) is 0 Å². The van der Waals surface area contributed by atoms with E-state index in [4.69, 9.17) is 10.5 Å². The van der Waals surface area contributed by atoms with E-state index in [1.54, 1.807) is 0 Å². The predicted molar refractivity (Wildman–Crippen MR) is 68.5 cm³/mol. The molecule has 0 saturated carbocycles. The van der Waals surface area contributed by atoms with Gasteiger partial charge in [-0.3, -0.25) is 4.79 Å². The molecule has 1 heterocycles. The van der Waals surface area contributed by atoms with Crippen molar-refractivity contribution in [2.45, 2.75) is 37.6 Å². The van der Waals surface area contributed by atoms with Gasteiger partial charge in [0.15, 0.2) is 17.2 Å². The number of alkyl halides is 3. The minimum atomic E-state index is -4.83. The number of carbonyl (C=O) groups is 1. The van der Waals surface area contributed by atoms with Crippen molar-refractivity contribution >= 4 is 5.91 Å². The average Bonchev–Trinajstić information content (AvgIpc) is 2.71. The van der Waals surface area contributed by atoms with E-state index in [-0.39, 0.29) is 5.56 Å². The maximum absolute atomic E-state index is 13.5. The summed E-state index contributed by atoms with van der Waals surface area (Å²) in [6, 6.07) is 1.56. The number of nitrogens with two attached hydrogens (primary N) is 1. The van der Waals surface area contributed by atoms with E-state index in [9.17, 15) is 31.9 Å². The monoisotopic (exact) mass is 339 g/mol. The molecule has 4 unspecified atom stereocenters. The molecule has 9 heteroatoms. The van der Waals surface area contributed by atoms with Crippen LogP contribution in [0.5, 0.6) is 5.75 Å². The van der Waals surface area contributed by atoms with Crippen LogP contribution in [0.3, 0.4) is 0 Å². The molecule has 1 saturated heterocycles. The molecule has 1 amide bonds. The van der Waals surface area contributed by atoms with Gasteiger partial charge in [0.05, 0.1) is 0 Å². The lowest BCUT2D eigenvalue weighted by atomic mass is 9.77. The molecule has 0 aromatic heterocycles. The molecule has 0 aliphatic carbocycles. The number of carbonyl (C=O) groups excluding carboxylic acids is 1. The minimum Gasteiger partial charge on any atom is -0.505 e. The summed E-state index contributed by atoms with van der Waals surface area (Å²) in [4.78, 5) is 11.5. The van der Waals surface area contributed by atoms with Crippen molar-refractivity contribution in [3.63, 3.8) is 0 Å². The summed E-state index contributed by atoms with van der Waals surface area (Å²) in [5.41, 5.74) is 1.99. The first-order chi connectivity index (χ1) is 10.4.